The van der Waals surface area contributed by atoms with Gasteiger partial charge in [-0.25, -0.2) is 8.42 Å². The molecule has 0 unspecified atom stereocenters. The number of nitrogens with two attached hydrogens (primary N) is 1. The van der Waals surface area contributed by atoms with Gasteiger partial charge >= 0.3 is 0 Å². The molecule has 0 aliphatic rings. The van der Waals surface area contributed by atoms with E-state index in [4.69, 9.17) is 5.73 Å². The molecule has 0 aromatic heterocycles. The molecule has 0 fully saturated rings. The first-order valence-corrected chi connectivity index (χ1v) is 7.26. The van der Waals surface area contributed by atoms with Crippen molar-refractivity contribution in [2.45, 2.75) is 25.7 Å². The van der Waals surface area contributed by atoms with Gasteiger partial charge in [-0.15, -0.1) is 6.58 Å². The molecule has 2 N–H and O–H groups in total. The number of likely N-dealkylation sites (N-methyl/N-ethyl adjacent to an activating group) is 1. The second-order valence-corrected chi connectivity index (χ2v) is 6.13. The molecule has 0 atom stereocenters. The SMILES string of the molecule is C=CCN(CC)S(=O)(=O)c1cc(C)cc(N)c1C. The molecule has 5 heteroatoms. The zero-order valence-corrected chi connectivity index (χ0v) is 11.9. The molecule has 0 heterocycles. The van der Waals surface area contributed by atoms with Gasteiger partial charge < -0.3 is 5.73 Å². The van der Waals surface area contributed by atoms with Crippen molar-refractivity contribution in [3.05, 3.63) is 35.9 Å². The Morgan fingerprint density at radius 1 is 1.39 bits per heavy atom. The fourth-order valence-corrected chi connectivity index (χ4v) is 3.56. The Labute approximate surface area is 109 Å². The van der Waals surface area contributed by atoms with E-state index in [1.165, 1.54) is 4.31 Å². The maximum Gasteiger partial charge on any atom is 0.243 e. The molecule has 1 aromatic rings. The highest BCUT2D eigenvalue weighted by Gasteiger charge is 2.24. The minimum Gasteiger partial charge on any atom is -0.398 e. The smallest absolute Gasteiger partial charge is 0.243 e. The van der Waals surface area contributed by atoms with Gasteiger partial charge in [-0.1, -0.05) is 13.0 Å². The summed E-state index contributed by atoms with van der Waals surface area (Å²) >= 11 is 0. The summed E-state index contributed by atoms with van der Waals surface area (Å²) in [7, 11) is -3.51. The average molecular weight is 268 g/mol. The number of aryl methyl sites for hydroxylation is 1. The molecule has 0 amide bonds. The highest BCUT2D eigenvalue weighted by Crippen LogP contribution is 2.25. The molecular formula is C13H20N2O2S. The monoisotopic (exact) mass is 268 g/mol. The van der Waals surface area contributed by atoms with Crippen molar-refractivity contribution in [2.75, 3.05) is 18.8 Å². The lowest BCUT2D eigenvalue weighted by Crippen LogP contribution is -2.31. The maximum absolute atomic E-state index is 12.5. The van der Waals surface area contributed by atoms with Crippen LogP contribution in [-0.4, -0.2) is 25.8 Å². The summed E-state index contributed by atoms with van der Waals surface area (Å²) in [6, 6.07) is 3.44. The molecule has 0 saturated heterocycles. The first kappa shape index (κ1) is 14.7. The molecule has 1 rings (SSSR count). The number of hydrogen-bond acceptors (Lipinski definition) is 3. The summed E-state index contributed by atoms with van der Waals surface area (Å²) in [5.74, 6) is 0. The van der Waals surface area contributed by atoms with Crippen LogP contribution in [0.5, 0.6) is 0 Å². The Bertz CT molecular complexity index is 550. The topological polar surface area (TPSA) is 63.4 Å². The van der Waals surface area contributed by atoms with Crippen LogP contribution >= 0.6 is 0 Å². The first-order chi connectivity index (χ1) is 8.34. The van der Waals surface area contributed by atoms with Crippen molar-refractivity contribution in [3.8, 4) is 0 Å². The van der Waals surface area contributed by atoms with E-state index in [1.807, 2.05) is 6.92 Å². The molecule has 0 aliphatic carbocycles. The van der Waals surface area contributed by atoms with Crippen molar-refractivity contribution in [1.82, 2.24) is 4.31 Å². The van der Waals surface area contributed by atoms with Gasteiger partial charge in [-0.2, -0.15) is 4.31 Å². The lowest BCUT2D eigenvalue weighted by molar-refractivity contribution is 0.459. The van der Waals surface area contributed by atoms with E-state index < -0.39 is 10.0 Å². The third-order valence-corrected chi connectivity index (χ3v) is 4.91. The normalized spacial score (nSPS) is 11.8. The van der Waals surface area contributed by atoms with E-state index in [1.54, 1.807) is 32.1 Å². The van der Waals surface area contributed by atoms with Crippen molar-refractivity contribution in [1.29, 1.82) is 0 Å². The van der Waals surface area contributed by atoms with Crippen molar-refractivity contribution >= 4 is 15.7 Å². The number of benzene rings is 1. The number of hydrogen-bond donors (Lipinski definition) is 1. The minimum atomic E-state index is -3.51. The van der Waals surface area contributed by atoms with Gasteiger partial charge in [0.2, 0.25) is 10.0 Å². The fraction of sp³-hybridized carbons (Fsp3) is 0.385. The number of nitrogens with zero attached hydrogens (tertiary/aromatic N) is 1. The number of rotatable bonds is 5. The van der Waals surface area contributed by atoms with E-state index in [2.05, 4.69) is 6.58 Å². The second kappa shape index (κ2) is 5.54. The number of anilines is 1. The Balaban J connectivity index is 3.40. The maximum atomic E-state index is 12.5. The van der Waals surface area contributed by atoms with Crippen LogP contribution in [-0.2, 0) is 10.0 Å². The first-order valence-electron chi connectivity index (χ1n) is 5.82. The molecular weight excluding hydrogens is 248 g/mol. The zero-order chi connectivity index (χ0) is 13.9. The minimum absolute atomic E-state index is 0.281. The van der Waals surface area contributed by atoms with Crippen LogP contribution in [0.1, 0.15) is 18.1 Å². The van der Waals surface area contributed by atoms with Gasteiger partial charge in [-0.3, -0.25) is 0 Å². The molecule has 100 valence electrons. The Kier molecular flexibility index (Phi) is 4.53. The van der Waals surface area contributed by atoms with E-state index >= 15 is 0 Å². The number of sulfonamides is 1. The standard InChI is InChI=1S/C13H20N2O2S/c1-5-7-15(6-2)18(16,17)13-9-10(3)8-12(14)11(13)4/h5,8-9H,1,6-7,14H2,2-4H3. The third kappa shape index (κ3) is 2.73. The highest BCUT2D eigenvalue weighted by atomic mass is 32.2. The van der Waals surface area contributed by atoms with Crippen LogP contribution in [0.3, 0.4) is 0 Å². The summed E-state index contributed by atoms with van der Waals surface area (Å²) in [6.07, 6.45) is 1.58. The Morgan fingerprint density at radius 3 is 2.50 bits per heavy atom. The lowest BCUT2D eigenvalue weighted by Gasteiger charge is -2.21. The van der Waals surface area contributed by atoms with Crippen LogP contribution in [0.2, 0.25) is 0 Å². The van der Waals surface area contributed by atoms with E-state index in [-0.39, 0.29) is 4.90 Å². The molecule has 18 heavy (non-hydrogen) atoms. The van der Waals surface area contributed by atoms with Crippen LogP contribution in [0.25, 0.3) is 0 Å². The Morgan fingerprint density at radius 2 is 2.00 bits per heavy atom. The zero-order valence-electron chi connectivity index (χ0n) is 11.1. The van der Waals surface area contributed by atoms with E-state index in [0.29, 0.717) is 24.3 Å². The van der Waals surface area contributed by atoms with Crippen LogP contribution < -0.4 is 5.73 Å². The summed E-state index contributed by atoms with van der Waals surface area (Å²) in [5.41, 5.74) is 7.77. The van der Waals surface area contributed by atoms with Gasteiger partial charge in [0, 0.05) is 18.8 Å². The lowest BCUT2D eigenvalue weighted by atomic mass is 10.1. The van der Waals surface area contributed by atoms with Crippen molar-refractivity contribution < 1.29 is 8.42 Å². The average Bonchev–Trinajstić information content (AvgIpc) is 2.30. The second-order valence-electron chi connectivity index (χ2n) is 4.22. The molecule has 0 bridgehead atoms. The Hall–Kier alpha value is -1.33. The van der Waals surface area contributed by atoms with Gasteiger partial charge in [0.05, 0.1) is 4.90 Å². The summed E-state index contributed by atoms with van der Waals surface area (Å²) in [5, 5.41) is 0. The van der Waals surface area contributed by atoms with E-state index in [0.717, 1.165) is 5.56 Å². The fourth-order valence-electron chi connectivity index (χ4n) is 1.80. The van der Waals surface area contributed by atoms with E-state index in [9.17, 15) is 8.42 Å². The number of nitrogen functional groups attached to an aromatic ring is 1. The summed E-state index contributed by atoms with van der Waals surface area (Å²) < 4.78 is 26.4. The summed E-state index contributed by atoms with van der Waals surface area (Å²) in [6.45, 7) is 9.64. The molecule has 0 saturated carbocycles. The summed E-state index contributed by atoms with van der Waals surface area (Å²) in [4.78, 5) is 0.281. The van der Waals surface area contributed by atoms with Crippen LogP contribution in [0.15, 0.2) is 29.7 Å². The van der Waals surface area contributed by atoms with Gasteiger partial charge in [-0.05, 0) is 37.1 Å². The van der Waals surface area contributed by atoms with Gasteiger partial charge in [0.1, 0.15) is 0 Å². The molecule has 0 spiro atoms. The van der Waals surface area contributed by atoms with Gasteiger partial charge in [0.15, 0.2) is 0 Å². The third-order valence-electron chi connectivity index (χ3n) is 2.85. The largest absolute Gasteiger partial charge is 0.398 e. The molecule has 0 aliphatic heterocycles. The van der Waals surface area contributed by atoms with Crippen LogP contribution in [0, 0.1) is 13.8 Å². The quantitative estimate of drug-likeness (QED) is 0.657. The predicted octanol–water partition coefficient (Wildman–Crippen LogP) is 2.08. The molecule has 1 aromatic carbocycles. The molecule has 4 nitrogen and oxygen atoms in total. The van der Waals surface area contributed by atoms with Crippen molar-refractivity contribution in [2.24, 2.45) is 0 Å². The van der Waals surface area contributed by atoms with Crippen LogP contribution in [0.4, 0.5) is 5.69 Å². The van der Waals surface area contributed by atoms with Crippen molar-refractivity contribution in [3.63, 3.8) is 0 Å². The molecule has 0 radical (unpaired) electrons. The van der Waals surface area contributed by atoms with Gasteiger partial charge in [0.25, 0.3) is 0 Å². The highest BCUT2D eigenvalue weighted by molar-refractivity contribution is 7.89. The predicted molar refractivity (Wildman–Crippen MR) is 75.0 cm³/mol.